The highest BCUT2D eigenvalue weighted by atomic mass is 32.2. The van der Waals surface area contributed by atoms with E-state index >= 15 is 0 Å². The van der Waals surface area contributed by atoms with Gasteiger partial charge in [0, 0.05) is 5.75 Å². The quantitative estimate of drug-likeness (QED) is 0.279. The lowest BCUT2D eigenvalue weighted by atomic mass is 10.00. The van der Waals surface area contributed by atoms with Gasteiger partial charge in [0.1, 0.15) is 0 Å². The predicted molar refractivity (Wildman–Crippen MR) is 77.5 cm³/mol. The zero-order valence-corrected chi connectivity index (χ0v) is 11.8. The number of benzene rings is 1. The number of nitrogens with one attached hydrogen (secondary N) is 2. The Hall–Kier alpha value is -2.06. The minimum absolute atomic E-state index is 0.205. The number of H-pyrrole nitrogens is 1. The largest absolute Gasteiger partial charge is 0.368 e. The number of nitrogens with zero attached hydrogens (tertiary/aromatic N) is 2. The molecule has 20 heavy (non-hydrogen) atoms. The summed E-state index contributed by atoms with van der Waals surface area (Å²) in [6.45, 7) is 1.81. The maximum absolute atomic E-state index is 11.4. The number of rotatable bonds is 5. The molecule has 1 aromatic carbocycles. The molecule has 1 aromatic heterocycles. The molecule has 106 valence electrons. The SMILES string of the molecule is CC(C(=O)NN)c1ccc(CSc2n[nH]c(N)n2)cc1. The van der Waals surface area contributed by atoms with Crippen molar-refractivity contribution in [1.82, 2.24) is 20.6 Å². The van der Waals surface area contributed by atoms with Crippen molar-refractivity contribution in [3.8, 4) is 0 Å². The molecule has 8 heteroatoms. The Labute approximate surface area is 120 Å². The number of anilines is 1. The van der Waals surface area contributed by atoms with Crippen molar-refractivity contribution >= 4 is 23.6 Å². The summed E-state index contributed by atoms with van der Waals surface area (Å²) in [5.74, 6) is 5.69. The number of thioether (sulfide) groups is 1. The van der Waals surface area contributed by atoms with E-state index in [0.29, 0.717) is 11.1 Å². The fourth-order valence-corrected chi connectivity index (χ4v) is 2.41. The fourth-order valence-electron chi connectivity index (χ4n) is 1.65. The number of nitrogen functional groups attached to an aromatic ring is 1. The van der Waals surface area contributed by atoms with Gasteiger partial charge in [-0.05, 0) is 18.1 Å². The second-order valence-corrected chi connectivity index (χ2v) is 5.21. The Morgan fingerprint density at radius 1 is 1.45 bits per heavy atom. The first-order valence-corrected chi connectivity index (χ1v) is 6.98. The Bertz CT molecular complexity index is 582. The van der Waals surface area contributed by atoms with E-state index in [4.69, 9.17) is 11.6 Å². The van der Waals surface area contributed by atoms with Crippen molar-refractivity contribution in [2.45, 2.75) is 23.8 Å². The van der Waals surface area contributed by atoms with E-state index in [1.54, 1.807) is 0 Å². The van der Waals surface area contributed by atoms with Gasteiger partial charge in [-0.3, -0.25) is 10.2 Å². The number of amides is 1. The molecular weight excluding hydrogens is 276 g/mol. The highest BCUT2D eigenvalue weighted by Gasteiger charge is 2.13. The summed E-state index contributed by atoms with van der Waals surface area (Å²) >= 11 is 1.49. The van der Waals surface area contributed by atoms with Gasteiger partial charge in [-0.25, -0.2) is 10.9 Å². The van der Waals surface area contributed by atoms with Gasteiger partial charge in [0.05, 0.1) is 5.92 Å². The van der Waals surface area contributed by atoms with E-state index < -0.39 is 0 Å². The van der Waals surface area contributed by atoms with Crippen LogP contribution < -0.4 is 17.0 Å². The number of carbonyl (C=O) groups excluding carboxylic acids is 1. The molecule has 0 radical (unpaired) electrons. The molecule has 1 heterocycles. The van der Waals surface area contributed by atoms with Crippen molar-refractivity contribution in [1.29, 1.82) is 0 Å². The average molecular weight is 292 g/mol. The molecular formula is C12H16N6OS. The predicted octanol–water partition coefficient (Wildman–Crippen LogP) is 0.773. The number of nitrogens with two attached hydrogens (primary N) is 2. The molecule has 0 aliphatic carbocycles. The molecule has 0 bridgehead atoms. The van der Waals surface area contributed by atoms with Crippen molar-refractivity contribution < 1.29 is 4.79 Å². The van der Waals surface area contributed by atoms with Gasteiger partial charge in [-0.1, -0.05) is 36.0 Å². The molecule has 0 saturated heterocycles. The lowest BCUT2D eigenvalue weighted by Crippen LogP contribution is -2.33. The number of aromatic amines is 1. The average Bonchev–Trinajstić information content (AvgIpc) is 2.89. The second-order valence-electron chi connectivity index (χ2n) is 4.26. The van der Waals surface area contributed by atoms with Crippen molar-refractivity contribution in [3.05, 3.63) is 35.4 Å². The summed E-state index contributed by atoms with van der Waals surface area (Å²) in [6, 6.07) is 7.78. The molecule has 1 amide bonds. The topological polar surface area (TPSA) is 123 Å². The van der Waals surface area contributed by atoms with Crippen molar-refractivity contribution in [3.63, 3.8) is 0 Å². The van der Waals surface area contributed by atoms with Crippen LogP contribution in [0.2, 0.25) is 0 Å². The Morgan fingerprint density at radius 2 is 2.15 bits per heavy atom. The maximum Gasteiger partial charge on any atom is 0.241 e. The van der Waals surface area contributed by atoms with E-state index in [0.717, 1.165) is 16.9 Å². The number of carbonyl (C=O) groups is 1. The Morgan fingerprint density at radius 3 is 2.70 bits per heavy atom. The number of hydrazine groups is 1. The van der Waals surface area contributed by atoms with Crippen LogP contribution in [0.5, 0.6) is 0 Å². The van der Waals surface area contributed by atoms with Crippen molar-refractivity contribution in [2.24, 2.45) is 5.84 Å². The van der Waals surface area contributed by atoms with Gasteiger partial charge in [0.15, 0.2) is 0 Å². The normalized spacial score (nSPS) is 12.1. The summed E-state index contributed by atoms with van der Waals surface area (Å²) < 4.78 is 0. The van der Waals surface area contributed by atoms with Crippen LogP contribution >= 0.6 is 11.8 Å². The van der Waals surface area contributed by atoms with Gasteiger partial charge in [0.25, 0.3) is 0 Å². The smallest absolute Gasteiger partial charge is 0.241 e. The lowest BCUT2D eigenvalue weighted by Gasteiger charge is -2.10. The molecule has 0 spiro atoms. The van der Waals surface area contributed by atoms with E-state index in [9.17, 15) is 4.79 Å². The summed E-state index contributed by atoms with van der Waals surface area (Å²) in [7, 11) is 0. The van der Waals surface area contributed by atoms with Gasteiger partial charge >= 0.3 is 0 Å². The number of hydrogen-bond donors (Lipinski definition) is 4. The van der Waals surface area contributed by atoms with Crippen LogP contribution in [0.25, 0.3) is 0 Å². The van der Waals surface area contributed by atoms with Crippen LogP contribution in [0.15, 0.2) is 29.4 Å². The monoisotopic (exact) mass is 292 g/mol. The molecule has 0 fully saturated rings. The third kappa shape index (κ3) is 3.49. The molecule has 1 atom stereocenters. The van der Waals surface area contributed by atoms with Crippen LogP contribution in [-0.2, 0) is 10.5 Å². The van der Waals surface area contributed by atoms with Gasteiger partial charge in [0.2, 0.25) is 17.0 Å². The van der Waals surface area contributed by atoms with E-state index in [1.807, 2.05) is 31.2 Å². The number of aromatic nitrogens is 3. The highest BCUT2D eigenvalue weighted by molar-refractivity contribution is 7.98. The Balaban J connectivity index is 1.96. The molecule has 2 aromatic rings. The first-order valence-electron chi connectivity index (χ1n) is 6.00. The zero-order valence-electron chi connectivity index (χ0n) is 11.0. The minimum atomic E-state index is -0.269. The van der Waals surface area contributed by atoms with Crippen LogP contribution in [0, 0.1) is 0 Å². The van der Waals surface area contributed by atoms with Gasteiger partial charge in [-0.2, -0.15) is 4.98 Å². The van der Waals surface area contributed by atoms with Crippen LogP contribution in [0.4, 0.5) is 5.95 Å². The summed E-state index contributed by atoms with van der Waals surface area (Å²) in [5, 5.41) is 7.15. The summed E-state index contributed by atoms with van der Waals surface area (Å²) in [5.41, 5.74) is 9.64. The third-order valence-corrected chi connectivity index (χ3v) is 3.78. The first kappa shape index (κ1) is 14.4. The molecule has 6 N–H and O–H groups in total. The van der Waals surface area contributed by atoms with E-state index in [2.05, 4.69) is 20.6 Å². The van der Waals surface area contributed by atoms with Crippen LogP contribution in [0.3, 0.4) is 0 Å². The van der Waals surface area contributed by atoms with Crippen molar-refractivity contribution in [2.75, 3.05) is 5.73 Å². The molecule has 0 saturated carbocycles. The summed E-state index contributed by atoms with van der Waals surface area (Å²) in [4.78, 5) is 15.5. The van der Waals surface area contributed by atoms with Gasteiger partial charge in [-0.15, -0.1) is 5.10 Å². The fraction of sp³-hybridized carbons (Fsp3) is 0.250. The maximum atomic E-state index is 11.4. The molecule has 1 unspecified atom stereocenters. The highest BCUT2D eigenvalue weighted by Crippen LogP contribution is 2.21. The minimum Gasteiger partial charge on any atom is -0.368 e. The molecule has 2 rings (SSSR count). The molecule has 7 nitrogen and oxygen atoms in total. The zero-order chi connectivity index (χ0) is 14.5. The number of hydrogen-bond acceptors (Lipinski definition) is 6. The van der Waals surface area contributed by atoms with E-state index in [-0.39, 0.29) is 11.8 Å². The third-order valence-electron chi connectivity index (χ3n) is 2.87. The molecule has 0 aliphatic rings. The van der Waals surface area contributed by atoms with Gasteiger partial charge < -0.3 is 5.73 Å². The second kappa shape index (κ2) is 6.40. The molecule has 0 aliphatic heterocycles. The lowest BCUT2D eigenvalue weighted by molar-refractivity contribution is -0.122. The summed E-state index contributed by atoms with van der Waals surface area (Å²) in [6.07, 6.45) is 0. The van der Waals surface area contributed by atoms with Crippen LogP contribution in [-0.4, -0.2) is 21.1 Å². The van der Waals surface area contributed by atoms with E-state index in [1.165, 1.54) is 11.8 Å². The first-order chi connectivity index (χ1) is 9.60. The standard InChI is InChI=1S/C12H16N6OS/c1-7(10(19)16-14)9-4-2-8(3-5-9)6-20-12-15-11(13)17-18-12/h2-5,7H,6,14H2,1H3,(H,16,19)(H3,13,15,17,18). The van der Waals surface area contributed by atoms with Crippen LogP contribution in [0.1, 0.15) is 24.0 Å². The Kier molecular flexibility index (Phi) is 4.59.